The molecule has 0 aromatic heterocycles. The fourth-order valence-electron chi connectivity index (χ4n) is 6.05. The maximum Gasteiger partial charge on any atom is 0.422 e. The molecule has 2 fully saturated rings. The lowest BCUT2D eigenvalue weighted by molar-refractivity contribution is -0.153. The van der Waals surface area contributed by atoms with Crippen LogP contribution < -0.4 is 14.4 Å². The second-order valence-corrected chi connectivity index (χ2v) is 11.1. The van der Waals surface area contributed by atoms with E-state index in [0.717, 1.165) is 36.2 Å². The molecule has 0 amide bonds. The molecule has 2 atom stereocenters. The highest BCUT2D eigenvalue weighted by atomic mass is 19.4. The van der Waals surface area contributed by atoms with Gasteiger partial charge in [0.2, 0.25) is 0 Å². The van der Waals surface area contributed by atoms with Gasteiger partial charge in [0, 0.05) is 19.5 Å². The Kier molecular flexibility index (Phi) is 7.66. The molecule has 0 saturated carbocycles. The first-order valence-corrected chi connectivity index (χ1v) is 14.2. The molecule has 3 aromatic rings. The van der Waals surface area contributed by atoms with Gasteiger partial charge in [0.15, 0.2) is 18.1 Å². The van der Waals surface area contributed by atoms with Crippen molar-refractivity contribution in [3.8, 4) is 17.6 Å². The van der Waals surface area contributed by atoms with Crippen LogP contribution in [0.25, 0.3) is 0 Å². The fourth-order valence-corrected chi connectivity index (χ4v) is 6.05. The quantitative estimate of drug-likeness (QED) is 0.159. The van der Waals surface area contributed by atoms with Crippen molar-refractivity contribution in [2.75, 3.05) is 37.8 Å². The third-order valence-corrected chi connectivity index (χ3v) is 8.01. The van der Waals surface area contributed by atoms with Crippen LogP contribution >= 0.6 is 0 Å². The zero-order valence-electron chi connectivity index (χ0n) is 23.6. The minimum absolute atomic E-state index is 0.0389. The lowest BCUT2D eigenvalue weighted by atomic mass is 9.96. The van der Waals surface area contributed by atoms with Gasteiger partial charge in [-0.15, -0.1) is 0 Å². The Morgan fingerprint density at radius 2 is 1.74 bits per heavy atom. The van der Waals surface area contributed by atoms with E-state index < -0.39 is 12.8 Å². The first-order chi connectivity index (χ1) is 20.7. The van der Waals surface area contributed by atoms with E-state index in [0.29, 0.717) is 37.3 Å². The van der Waals surface area contributed by atoms with E-state index in [1.54, 1.807) is 42.5 Å². The summed E-state index contributed by atoms with van der Waals surface area (Å²) in [5, 5.41) is 14.3. The van der Waals surface area contributed by atoms with Crippen molar-refractivity contribution in [1.29, 1.82) is 5.26 Å². The topological polar surface area (TPSA) is 77.8 Å². The van der Waals surface area contributed by atoms with Crippen LogP contribution in [0.3, 0.4) is 0 Å². The van der Waals surface area contributed by atoms with Gasteiger partial charge in [-0.05, 0) is 61.2 Å². The van der Waals surface area contributed by atoms with Crippen LogP contribution in [0.15, 0.2) is 66.7 Å². The van der Waals surface area contributed by atoms with Gasteiger partial charge in [-0.3, -0.25) is 0 Å². The molecular weight excluding hydrogens is 561 g/mol. The molecule has 6 rings (SSSR count). The van der Waals surface area contributed by atoms with Crippen molar-refractivity contribution < 1.29 is 32.2 Å². The normalized spacial score (nSPS) is 23.1. The molecule has 43 heavy (non-hydrogen) atoms. The Morgan fingerprint density at radius 3 is 2.44 bits per heavy atom. The number of hydrogen-bond donors (Lipinski definition) is 0. The first-order valence-electron chi connectivity index (χ1n) is 14.2. The molecule has 8 nitrogen and oxygen atoms in total. The van der Waals surface area contributed by atoms with Crippen molar-refractivity contribution in [3.05, 3.63) is 89.0 Å². The maximum absolute atomic E-state index is 12.6. The number of nitrogens with zero attached hydrogens (tertiary/aromatic N) is 4. The molecule has 2 unspecified atom stereocenters. The lowest BCUT2D eigenvalue weighted by Gasteiger charge is -2.22. The van der Waals surface area contributed by atoms with Gasteiger partial charge in [0.25, 0.3) is 0 Å². The molecule has 3 aromatic carbocycles. The van der Waals surface area contributed by atoms with E-state index in [9.17, 15) is 23.2 Å². The Bertz CT molecular complexity index is 1530. The molecular formula is C32H31F3N4O4. The highest BCUT2D eigenvalue weighted by Gasteiger charge is 2.78. The third kappa shape index (κ3) is 6.12. The number of alkyl halides is 3. The van der Waals surface area contributed by atoms with E-state index in [1.165, 1.54) is 6.07 Å². The molecule has 3 heterocycles. The number of carbonyl (C=O) groups is 1. The van der Waals surface area contributed by atoms with E-state index in [1.807, 2.05) is 12.1 Å². The molecule has 0 N–H and O–H groups in total. The number of esters is 1. The van der Waals surface area contributed by atoms with Crippen LogP contribution in [-0.4, -0.2) is 66.9 Å². The number of ether oxygens (including phenoxy) is 3. The number of para-hydroxylation sites is 2. The summed E-state index contributed by atoms with van der Waals surface area (Å²) >= 11 is 0. The second kappa shape index (κ2) is 11.4. The van der Waals surface area contributed by atoms with Crippen LogP contribution in [-0.2, 0) is 17.6 Å². The van der Waals surface area contributed by atoms with Crippen LogP contribution in [0.5, 0.6) is 11.5 Å². The summed E-state index contributed by atoms with van der Waals surface area (Å²) in [5.74, 6) is 0.00104. The monoisotopic (exact) mass is 592 g/mol. The number of hydrazine groups is 1. The van der Waals surface area contributed by atoms with Crippen LogP contribution in [0.2, 0.25) is 0 Å². The number of anilines is 1. The average Bonchev–Trinajstić information content (AvgIpc) is 3.84. The van der Waals surface area contributed by atoms with Crippen molar-refractivity contribution in [3.63, 3.8) is 0 Å². The predicted octanol–water partition coefficient (Wildman–Crippen LogP) is 5.32. The summed E-state index contributed by atoms with van der Waals surface area (Å²) in [4.78, 5) is 14.4. The summed E-state index contributed by atoms with van der Waals surface area (Å²) in [6.45, 7) is 2.84. The van der Waals surface area contributed by atoms with E-state index in [2.05, 4.69) is 34.0 Å². The molecule has 2 saturated heterocycles. The number of carbonyl (C=O) groups excluding carboxylic acids is 1. The van der Waals surface area contributed by atoms with Crippen LogP contribution in [0, 0.1) is 11.3 Å². The van der Waals surface area contributed by atoms with Crippen LogP contribution in [0.4, 0.5) is 18.9 Å². The Hall–Kier alpha value is -4.27. The van der Waals surface area contributed by atoms with Gasteiger partial charge >= 0.3 is 12.1 Å². The largest absolute Gasteiger partial charge is 0.487 e. The highest BCUT2D eigenvalue weighted by Crippen LogP contribution is 2.59. The van der Waals surface area contributed by atoms with E-state index in [-0.39, 0.29) is 29.3 Å². The minimum Gasteiger partial charge on any atom is -0.487 e. The average molecular weight is 593 g/mol. The van der Waals surface area contributed by atoms with E-state index >= 15 is 0 Å². The number of rotatable bonds is 12. The number of benzene rings is 3. The van der Waals surface area contributed by atoms with Crippen LogP contribution in [0.1, 0.15) is 40.4 Å². The number of fused-ring (bicyclic) bond motifs is 2. The second-order valence-electron chi connectivity index (χ2n) is 11.1. The molecule has 3 aliphatic heterocycles. The van der Waals surface area contributed by atoms with Crippen molar-refractivity contribution in [2.45, 2.75) is 44.2 Å². The minimum atomic E-state index is -4.43. The number of hydrogen-bond acceptors (Lipinski definition) is 8. The fraction of sp³-hybridized carbons (Fsp3) is 0.375. The molecule has 0 aliphatic carbocycles. The molecule has 11 heteroatoms. The van der Waals surface area contributed by atoms with Gasteiger partial charge in [-0.2, -0.15) is 28.5 Å². The molecule has 0 spiro atoms. The van der Waals surface area contributed by atoms with Gasteiger partial charge in [-0.25, -0.2) is 4.79 Å². The molecule has 224 valence electrons. The maximum atomic E-state index is 12.6. The van der Waals surface area contributed by atoms with Crippen molar-refractivity contribution in [1.82, 2.24) is 10.0 Å². The smallest absolute Gasteiger partial charge is 0.422 e. The zero-order chi connectivity index (χ0) is 30.2. The summed E-state index contributed by atoms with van der Waals surface area (Å²) in [5.41, 5.74) is 4.17. The van der Waals surface area contributed by atoms with E-state index in [4.69, 9.17) is 14.2 Å². The summed E-state index contributed by atoms with van der Waals surface area (Å²) < 4.78 is 53.9. The Labute approximate surface area is 247 Å². The zero-order valence-corrected chi connectivity index (χ0v) is 23.6. The summed E-state index contributed by atoms with van der Waals surface area (Å²) in [6.07, 6.45) is -2.15. The highest BCUT2D eigenvalue weighted by molar-refractivity contribution is 5.89. The molecule has 0 radical (unpaired) electrons. The van der Waals surface area contributed by atoms with Crippen molar-refractivity contribution >= 4 is 11.7 Å². The third-order valence-electron chi connectivity index (χ3n) is 8.01. The lowest BCUT2D eigenvalue weighted by Crippen LogP contribution is -2.36. The summed E-state index contributed by atoms with van der Waals surface area (Å²) in [7, 11) is 0. The number of halogens is 3. The standard InChI is InChI=1S/C32H31F3N4O4/c1-31(38-28(39(31)38)20-42-26-10-5-6-11-27(26)43-21-32(33,34)35)18-22-16-24-12-14-37(29(24)25(17-22)19-36)13-7-15-41-30(40)23-8-3-2-4-9-23/h2-6,8-11,16-17,28H,7,12-15,18,20-21H2,1H3. The first kappa shape index (κ1) is 28.8. The number of nitriles is 1. The summed E-state index contributed by atoms with van der Waals surface area (Å²) in [6, 6.07) is 21.8. The molecule has 0 bridgehead atoms. The van der Waals surface area contributed by atoms with Gasteiger partial charge in [0.1, 0.15) is 24.5 Å². The Morgan fingerprint density at radius 1 is 1.05 bits per heavy atom. The van der Waals surface area contributed by atoms with Crippen molar-refractivity contribution in [2.24, 2.45) is 0 Å². The molecule has 3 aliphatic rings. The SMILES string of the molecule is CC1(Cc2cc(C#N)c3c(c2)CCN3CCCOC(=O)c2ccccc2)N2C(COc3ccccc3OCC(F)(F)F)N21. The predicted molar refractivity (Wildman–Crippen MR) is 151 cm³/mol. The van der Waals surface area contributed by atoms with Gasteiger partial charge in [0.05, 0.1) is 23.4 Å². The Balaban J connectivity index is 0.998. The van der Waals surface area contributed by atoms with Gasteiger partial charge < -0.3 is 19.1 Å². The van der Waals surface area contributed by atoms with Gasteiger partial charge in [-0.1, -0.05) is 36.4 Å².